The van der Waals surface area contributed by atoms with Gasteiger partial charge in [0.15, 0.2) is 0 Å². The summed E-state index contributed by atoms with van der Waals surface area (Å²) >= 11 is 0. The third kappa shape index (κ3) is 3.62. The maximum absolute atomic E-state index is 4.75. The second-order valence-electron chi connectivity index (χ2n) is 6.24. The van der Waals surface area contributed by atoms with E-state index in [1.54, 1.807) is 0 Å². The Hall–Kier alpha value is -1.32. The Morgan fingerprint density at radius 2 is 2.00 bits per heavy atom. The molecule has 1 fully saturated rings. The average Bonchev–Trinajstić information content (AvgIpc) is 3.27. The Bertz CT molecular complexity index is 440. The van der Waals surface area contributed by atoms with Gasteiger partial charge in [-0.2, -0.15) is 0 Å². The Morgan fingerprint density at radius 1 is 1.30 bits per heavy atom. The van der Waals surface area contributed by atoms with Crippen molar-refractivity contribution in [3.63, 3.8) is 0 Å². The van der Waals surface area contributed by atoms with Crippen molar-refractivity contribution in [1.82, 2.24) is 9.97 Å². The van der Waals surface area contributed by atoms with Crippen LogP contribution in [0.3, 0.4) is 0 Å². The highest BCUT2D eigenvalue weighted by atomic mass is 15.2. The molecule has 0 spiro atoms. The van der Waals surface area contributed by atoms with Crippen molar-refractivity contribution in [3.05, 3.63) is 11.9 Å². The van der Waals surface area contributed by atoms with E-state index in [9.17, 15) is 0 Å². The molecule has 1 aliphatic carbocycles. The lowest BCUT2D eigenvalue weighted by Crippen LogP contribution is -2.31. The first-order valence-corrected chi connectivity index (χ1v) is 7.88. The molecule has 4 nitrogen and oxygen atoms in total. The Morgan fingerprint density at radius 3 is 2.55 bits per heavy atom. The van der Waals surface area contributed by atoms with Crippen LogP contribution < -0.4 is 10.2 Å². The fourth-order valence-corrected chi connectivity index (χ4v) is 2.34. The molecule has 0 saturated heterocycles. The monoisotopic (exact) mass is 276 g/mol. The molecule has 2 rings (SSSR count). The van der Waals surface area contributed by atoms with Gasteiger partial charge in [0.2, 0.25) is 0 Å². The van der Waals surface area contributed by atoms with Crippen LogP contribution in [0.1, 0.15) is 58.7 Å². The quantitative estimate of drug-likeness (QED) is 0.825. The first-order valence-electron chi connectivity index (χ1n) is 7.88. The van der Waals surface area contributed by atoms with E-state index in [-0.39, 0.29) is 0 Å². The van der Waals surface area contributed by atoms with E-state index < -0.39 is 0 Å². The molecule has 1 N–H and O–H groups in total. The van der Waals surface area contributed by atoms with Gasteiger partial charge in [0, 0.05) is 31.6 Å². The predicted molar refractivity (Wildman–Crippen MR) is 85.5 cm³/mol. The van der Waals surface area contributed by atoms with Crippen molar-refractivity contribution >= 4 is 11.6 Å². The molecule has 20 heavy (non-hydrogen) atoms. The molecule has 0 bridgehead atoms. The molecule has 1 atom stereocenters. The van der Waals surface area contributed by atoms with Gasteiger partial charge < -0.3 is 10.2 Å². The van der Waals surface area contributed by atoms with E-state index in [0.29, 0.717) is 12.0 Å². The summed E-state index contributed by atoms with van der Waals surface area (Å²) < 4.78 is 0. The van der Waals surface area contributed by atoms with Gasteiger partial charge in [-0.05, 0) is 32.1 Å². The smallest absolute Gasteiger partial charge is 0.135 e. The Balaban J connectivity index is 2.22. The second-order valence-corrected chi connectivity index (χ2v) is 6.24. The summed E-state index contributed by atoms with van der Waals surface area (Å²) in [5.41, 5.74) is 0. The van der Waals surface area contributed by atoms with Crippen molar-refractivity contribution in [1.29, 1.82) is 0 Å². The summed E-state index contributed by atoms with van der Waals surface area (Å²) in [6.07, 6.45) is 3.81. The lowest BCUT2D eigenvalue weighted by molar-refractivity contribution is 0.600. The number of aromatic nitrogens is 2. The SMILES string of the molecule is CCCNc1cc(N(C)C(C)C2CC2)nc(C(C)C)n1. The van der Waals surface area contributed by atoms with Gasteiger partial charge in [0.1, 0.15) is 17.5 Å². The number of hydrogen-bond acceptors (Lipinski definition) is 4. The van der Waals surface area contributed by atoms with Gasteiger partial charge in [-0.3, -0.25) is 0 Å². The number of nitrogens with one attached hydrogen (secondary N) is 1. The normalized spacial score (nSPS) is 16.3. The highest BCUT2D eigenvalue weighted by Crippen LogP contribution is 2.36. The molecule has 1 saturated carbocycles. The third-order valence-corrected chi connectivity index (χ3v) is 4.08. The van der Waals surface area contributed by atoms with Gasteiger partial charge >= 0.3 is 0 Å². The van der Waals surface area contributed by atoms with Gasteiger partial charge in [0.05, 0.1) is 0 Å². The number of rotatable bonds is 7. The molecule has 1 aromatic heterocycles. The summed E-state index contributed by atoms with van der Waals surface area (Å²) in [6.45, 7) is 9.71. The third-order valence-electron chi connectivity index (χ3n) is 4.08. The first-order chi connectivity index (χ1) is 9.52. The van der Waals surface area contributed by atoms with Gasteiger partial charge in [-0.15, -0.1) is 0 Å². The largest absolute Gasteiger partial charge is 0.370 e. The van der Waals surface area contributed by atoms with Crippen LogP contribution in [0.5, 0.6) is 0 Å². The summed E-state index contributed by atoms with van der Waals surface area (Å²) in [5.74, 6) is 4.11. The summed E-state index contributed by atoms with van der Waals surface area (Å²) in [5, 5.41) is 3.39. The first kappa shape index (κ1) is 15.1. The van der Waals surface area contributed by atoms with Crippen LogP contribution in [-0.4, -0.2) is 29.6 Å². The zero-order valence-corrected chi connectivity index (χ0v) is 13.5. The molecule has 0 aliphatic heterocycles. The standard InChI is InChI=1S/C16H28N4/c1-6-9-17-14-10-15(19-16(18-14)11(2)3)20(5)12(4)13-7-8-13/h10-13H,6-9H2,1-5H3,(H,17,18,19). The number of hydrogen-bond donors (Lipinski definition) is 1. The van der Waals surface area contributed by atoms with E-state index in [2.05, 4.69) is 56.0 Å². The van der Waals surface area contributed by atoms with Crippen LogP contribution in [0.15, 0.2) is 6.07 Å². The van der Waals surface area contributed by atoms with E-state index >= 15 is 0 Å². The molecule has 0 amide bonds. The summed E-state index contributed by atoms with van der Waals surface area (Å²) in [6, 6.07) is 2.64. The highest BCUT2D eigenvalue weighted by molar-refractivity contribution is 5.50. The Kier molecular flexibility index (Phi) is 4.84. The van der Waals surface area contributed by atoms with Crippen molar-refractivity contribution in [3.8, 4) is 0 Å². The van der Waals surface area contributed by atoms with E-state index in [4.69, 9.17) is 4.98 Å². The topological polar surface area (TPSA) is 41.0 Å². The molecule has 0 radical (unpaired) electrons. The molecular weight excluding hydrogens is 248 g/mol. The van der Waals surface area contributed by atoms with Gasteiger partial charge in [0.25, 0.3) is 0 Å². The summed E-state index contributed by atoms with van der Waals surface area (Å²) in [7, 11) is 2.15. The maximum Gasteiger partial charge on any atom is 0.135 e. The molecule has 1 heterocycles. The molecular formula is C16H28N4. The molecule has 1 aliphatic rings. The van der Waals surface area contributed by atoms with Crippen molar-refractivity contribution < 1.29 is 0 Å². The van der Waals surface area contributed by atoms with Crippen LogP contribution in [0.4, 0.5) is 11.6 Å². The molecule has 1 aromatic rings. The zero-order chi connectivity index (χ0) is 14.7. The van der Waals surface area contributed by atoms with Crippen LogP contribution in [0, 0.1) is 5.92 Å². The van der Waals surface area contributed by atoms with E-state index in [1.165, 1.54) is 12.8 Å². The minimum atomic E-state index is 0.349. The van der Waals surface area contributed by atoms with Gasteiger partial charge in [-0.1, -0.05) is 20.8 Å². The maximum atomic E-state index is 4.75. The van der Waals surface area contributed by atoms with Crippen LogP contribution in [0.25, 0.3) is 0 Å². The zero-order valence-electron chi connectivity index (χ0n) is 13.5. The lowest BCUT2D eigenvalue weighted by Gasteiger charge is -2.27. The van der Waals surface area contributed by atoms with Crippen LogP contribution >= 0.6 is 0 Å². The van der Waals surface area contributed by atoms with E-state index in [1.807, 2.05) is 0 Å². The second kappa shape index (κ2) is 6.42. The summed E-state index contributed by atoms with van der Waals surface area (Å²) in [4.78, 5) is 11.7. The van der Waals surface area contributed by atoms with Gasteiger partial charge in [-0.25, -0.2) is 9.97 Å². The van der Waals surface area contributed by atoms with Crippen molar-refractivity contribution in [2.24, 2.45) is 5.92 Å². The predicted octanol–water partition coefficient (Wildman–Crippen LogP) is 3.66. The minimum absolute atomic E-state index is 0.349. The fourth-order valence-electron chi connectivity index (χ4n) is 2.34. The Labute approximate surface area is 123 Å². The molecule has 0 aromatic carbocycles. The molecule has 4 heteroatoms. The van der Waals surface area contributed by atoms with E-state index in [0.717, 1.165) is 36.3 Å². The van der Waals surface area contributed by atoms with Crippen LogP contribution in [-0.2, 0) is 0 Å². The number of anilines is 2. The average molecular weight is 276 g/mol. The number of nitrogens with zero attached hydrogens (tertiary/aromatic N) is 3. The molecule has 112 valence electrons. The minimum Gasteiger partial charge on any atom is -0.370 e. The fraction of sp³-hybridized carbons (Fsp3) is 0.750. The van der Waals surface area contributed by atoms with Crippen LogP contribution in [0.2, 0.25) is 0 Å². The highest BCUT2D eigenvalue weighted by Gasteiger charge is 2.31. The van der Waals surface area contributed by atoms with Crippen molar-refractivity contribution in [2.45, 2.75) is 58.9 Å². The van der Waals surface area contributed by atoms with Crippen molar-refractivity contribution in [2.75, 3.05) is 23.8 Å². The lowest BCUT2D eigenvalue weighted by atomic mass is 10.2. The molecule has 1 unspecified atom stereocenters.